The first-order chi connectivity index (χ1) is 15.3. The van der Waals surface area contributed by atoms with Crippen LogP contribution < -0.4 is 13.8 Å². The summed E-state index contributed by atoms with van der Waals surface area (Å²) in [5.74, 6) is 1.01. The highest BCUT2D eigenvalue weighted by molar-refractivity contribution is 8.05. The van der Waals surface area contributed by atoms with Gasteiger partial charge in [-0.3, -0.25) is 4.31 Å². The van der Waals surface area contributed by atoms with Crippen molar-refractivity contribution in [3.05, 3.63) is 81.8 Å². The molecule has 3 atom stereocenters. The fourth-order valence-electron chi connectivity index (χ4n) is 3.91. The summed E-state index contributed by atoms with van der Waals surface area (Å²) in [6, 6.07) is 16.8. The van der Waals surface area contributed by atoms with Crippen LogP contribution in [0.1, 0.15) is 24.2 Å². The highest BCUT2D eigenvalue weighted by Crippen LogP contribution is 2.42. The van der Waals surface area contributed by atoms with Gasteiger partial charge >= 0.3 is 0 Å². The summed E-state index contributed by atoms with van der Waals surface area (Å²) in [6.07, 6.45) is -1.55. The Kier molecular flexibility index (Phi) is 5.27. The number of nitrogens with zero attached hydrogens (tertiary/aromatic N) is 1. The van der Waals surface area contributed by atoms with Crippen molar-refractivity contribution in [3.8, 4) is 11.5 Å². The maximum absolute atomic E-state index is 14.1. The fourth-order valence-corrected chi connectivity index (χ4v) is 6.47. The number of aliphatic hydroxyl groups excluding tert-OH is 2. The molecule has 0 aromatic heterocycles. The lowest BCUT2D eigenvalue weighted by molar-refractivity contribution is 0.0678. The molecule has 32 heavy (non-hydrogen) atoms. The molecule has 2 aliphatic heterocycles. The largest absolute Gasteiger partial charge is 0.451 e. The molecule has 0 amide bonds. The van der Waals surface area contributed by atoms with Crippen molar-refractivity contribution in [1.82, 2.24) is 0 Å². The molecule has 2 aliphatic rings. The minimum absolute atomic E-state index is 0.0492. The Morgan fingerprint density at radius 3 is 2.53 bits per heavy atom. The van der Waals surface area contributed by atoms with Crippen LogP contribution in [0.15, 0.2) is 65.6 Å². The van der Waals surface area contributed by atoms with Crippen LogP contribution in [0.25, 0.3) is 0 Å². The summed E-state index contributed by atoms with van der Waals surface area (Å²) < 4.78 is 26.8. The van der Waals surface area contributed by atoms with Gasteiger partial charge in [0.1, 0.15) is 20.9 Å². The maximum Gasteiger partial charge on any atom is 0.238 e. The van der Waals surface area contributed by atoms with Crippen LogP contribution in [0.4, 0.5) is 5.69 Å². The molecule has 0 saturated carbocycles. The van der Waals surface area contributed by atoms with E-state index in [0.717, 1.165) is 0 Å². The van der Waals surface area contributed by atoms with Gasteiger partial charge in [-0.1, -0.05) is 41.4 Å². The maximum atomic E-state index is 14.1. The first kappa shape index (κ1) is 21.4. The molecule has 0 fully saturated rings. The topological polar surface area (TPSA) is 79.2 Å². The van der Waals surface area contributed by atoms with E-state index in [-0.39, 0.29) is 11.6 Å². The molecule has 9 heteroatoms. The van der Waals surface area contributed by atoms with Crippen molar-refractivity contribution in [3.63, 3.8) is 0 Å². The van der Waals surface area contributed by atoms with Gasteiger partial charge < -0.3 is 19.7 Å². The van der Waals surface area contributed by atoms with Gasteiger partial charge in [0.25, 0.3) is 0 Å². The van der Waals surface area contributed by atoms with Crippen molar-refractivity contribution in [2.75, 3.05) is 10.8 Å². The third-order valence-corrected chi connectivity index (χ3v) is 8.67. The summed E-state index contributed by atoms with van der Waals surface area (Å²) in [5.41, 5.74) is 1.41. The van der Waals surface area contributed by atoms with Crippen molar-refractivity contribution in [2.24, 2.45) is 0 Å². The normalized spacial score (nSPS) is 22.6. The zero-order chi connectivity index (χ0) is 22.6. The molecule has 6 nitrogen and oxygen atoms in total. The second kappa shape index (κ2) is 7.86. The van der Waals surface area contributed by atoms with E-state index in [1.54, 1.807) is 71.9 Å². The molecule has 5 rings (SSSR count). The average molecular weight is 492 g/mol. The van der Waals surface area contributed by atoms with Crippen LogP contribution in [0, 0.1) is 0 Å². The second-order valence-corrected chi connectivity index (χ2v) is 10.8. The van der Waals surface area contributed by atoms with E-state index in [1.807, 2.05) is 0 Å². The average Bonchev–Trinajstić information content (AvgIpc) is 3.16. The van der Waals surface area contributed by atoms with Crippen LogP contribution in [-0.2, 0) is 9.71 Å². The summed E-state index contributed by atoms with van der Waals surface area (Å²) in [4.78, 5) is 0.380. The van der Waals surface area contributed by atoms with Gasteiger partial charge in [0.2, 0.25) is 6.29 Å². The number of rotatable bonds is 4. The van der Waals surface area contributed by atoms with E-state index in [9.17, 15) is 14.4 Å². The lowest BCUT2D eigenvalue weighted by Gasteiger charge is -2.39. The molecular formula is C23H19Cl2NO5S. The van der Waals surface area contributed by atoms with E-state index in [2.05, 4.69) is 0 Å². The predicted octanol–water partition coefficient (Wildman–Crippen LogP) is 4.96. The lowest BCUT2D eigenvalue weighted by atomic mass is 9.99. The first-order valence-corrected chi connectivity index (χ1v) is 12.1. The van der Waals surface area contributed by atoms with Gasteiger partial charge in [0.15, 0.2) is 11.5 Å². The predicted molar refractivity (Wildman–Crippen MR) is 126 cm³/mol. The number of halogens is 2. The Hall–Kier alpha value is -2.42. The van der Waals surface area contributed by atoms with Crippen LogP contribution >= 0.6 is 23.2 Å². The highest BCUT2D eigenvalue weighted by atomic mass is 35.5. The van der Waals surface area contributed by atoms with Gasteiger partial charge in [-0.2, -0.15) is 0 Å². The van der Waals surface area contributed by atoms with Crippen LogP contribution in [0.2, 0.25) is 10.0 Å². The molecule has 2 heterocycles. The van der Waals surface area contributed by atoms with Crippen molar-refractivity contribution in [1.29, 1.82) is 0 Å². The molecule has 0 spiro atoms. The number of aliphatic hydroxyl groups is 2. The number of benzene rings is 3. The van der Waals surface area contributed by atoms with Gasteiger partial charge in [-0.25, -0.2) is 4.21 Å². The standard InChI is InChI=1S/C23H19Cl2NO5S/c1-13-30-20-9-7-15(11-21(20)31-13)32(29)22(27)12-26(32)19-8-6-14(24)10-17(19)23(28)16-4-2-3-5-18(16)25/h2-11,13,23,27-28H,12H2,1H3. The molecule has 0 radical (unpaired) electrons. The van der Waals surface area contributed by atoms with Crippen molar-refractivity contribution in [2.45, 2.75) is 24.2 Å². The second-order valence-electron chi connectivity index (χ2n) is 7.50. The zero-order valence-corrected chi connectivity index (χ0v) is 19.2. The number of fused-ring (bicyclic) bond motifs is 1. The number of anilines is 1. The Balaban J connectivity index is 1.60. The fraction of sp³-hybridized carbons (Fsp3) is 0.174. The van der Waals surface area contributed by atoms with Gasteiger partial charge in [0.05, 0.1) is 17.1 Å². The van der Waals surface area contributed by atoms with Gasteiger partial charge in [-0.15, -0.1) is 0 Å². The van der Waals surface area contributed by atoms with E-state index >= 15 is 0 Å². The Bertz CT molecular complexity index is 1350. The summed E-state index contributed by atoms with van der Waals surface area (Å²) in [6.45, 7) is 1.81. The zero-order valence-electron chi connectivity index (χ0n) is 16.9. The van der Waals surface area contributed by atoms with Crippen molar-refractivity contribution >= 4 is 43.6 Å². The summed E-state index contributed by atoms with van der Waals surface area (Å²) in [7, 11) is -3.16. The Labute approximate surface area is 195 Å². The minimum Gasteiger partial charge on any atom is -0.451 e. The number of ether oxygens (including phenoxy) is 2. The first-order valence-electron chi connectivity index (χ1n) is 9.85. The minimum atomic E-state index is -3.16. The Morgan fingerprint density at radius 2 is 1.78 bits per heavy atom. The molecule has 0 aliphatic carbocycles. The molecular weight excluding hydrogens is 473 g/mol. The molecule has 3 unspecified atom stereocenters. The molecule has 0 saturated heterocycles. The van der Waals surface area contributed by atoms with Gasteiger partial charge in [-0.05, 0) is 36.4 Å². The molecule has 3 aromatic carbocycles. The van der Waals surface area contributed by atoms with E-state index in [1.165, 1.54) is 0 Å². The van der Waals surface area contributed by atoms with Crippen LogP contribution in [0.5, 0.6) is 11.5 Å². The van der Waals surface area contributed by atoms with E-state index in [4.69, 9.17) is 32.7 Å². The lowest BCUT2D eigenvalue weighted by Crippen LogP contribution is -2.51. The third kappa shape index (κ3) is 3.32. The molecule has 2 N–H and O–H groups in total. The molecule has 3 aromatic rings. The third-order valence-electron chi connectivity index (χ3n) is 5.48. The number of hydrogen-bond donors (Lipinski definition) is 2. The highest BCUT2D eigenvalue weighted by Gasteiger charge is 2.38. The monoisotopic (exact) mass is 491 g/mol. The smallest absolute Gasteiger partial charge is 0.238 e. The summed E-state index contributed by atoms with van der Waals surface area (Å²) in [5, 5.41) is 22.3. The molecule has 0 bridgehead atoms. The van der Waals surface area contributed by atoms with E-state index < -0.39 is 22.1 Å². The van der Waals surface area contributed by atoms with E-state index in [0.29, 0.717) is 43.3 Å². The van der Waals surface area contributed by atoms with Crippen molar-refractivity contribution < 1.29 is 23.9 Å². The van der Waals surface area contributed by atoms with Crippen LogP contribution in [-0.4, -0.2) is 32.3 Å². The Morgan fingerprint density at radius 1 is 1.03 bits per heavy atom. The van der Waals surface area contributed by atoms with Gasteiger partial charge in [0, 0.05) is 34.2 Å². The summed E-state index contributed by atoms with van der Waals surface area (Å²) >= 11 is 12.5. The molecule has 166 valence electrons. The quantitative estimate of drug-likeness (QED) is 0.504. The SMILES string of the molecule is CC1Oc2ccc(S3(=O)=C(O)CN3c3ccc(Cl)cc3C(O)c3ccccc3Cl)cc2O1. The van der Waals surface area contributed by atoms with Crippen LogP contribution in [0.3, 0.4) is 0 Å². The number of hydrogen-bond acceptors (Lipinski definition) is 4.